The summed E-state index contributed by atoms with van der Waals surface area (Å²) in [5.41, 5.74) is 0.149. The Morgan fingerprint density at radius 2 is 1.72 bits per heavy atom. The third-order valence-electron chi connectivity index (χ3n) is 6.45. The van der Waals surface area contributed by atoms with Crippen molar-refractivity contribution in [3.05, 3.63) is 59.1 Å². The Kier molecular flexibility index (Phi) is 7.65. The lowest BCUT2D eigenvalue weighted by Gasteiger charge is -2.28. The van der Waals surface area contributed by atoms with Crippen LogP contribution in [0.1, 0.15) is 29.5 Å². The number of aliphatic hydroxyl groups is 1. The van der Waals surface area contributed by atoms with E-state index in [4.69, 9.17) is 9.15 Å². The highest BCUT2D eigenvalue weighted by Gasteiger charge is 2.47. The molecule has 2 aliphatic rings. The summed E-state index contributed by atoms with van der Waals surface area (Å²) in [6.07, 6.45) is 0.639. The fraction of sp³-hybridized carbons (Fsp3) is 0.440. The largest absolute Gasteiger partial charge is 0.507 e. The van der Waals surface area contributed by atoms with Crippen molar-refractivity contribution in [1.82, 2.24) is 14.1 Å². The molecular weight excluding hydrogens is 486 g/mol. The van der Waals surface area contributed by atoms with Gasteiger partial charge in [0.05, 0.1) is 23.7 Å². The van der Waals surface area contributed by atoms with Crippen molar-refractivity contribution >= 4 is 27.5 Å². The first-order chi connectivity index (χ1) is 17.1. The maximum atomic E-state index is 13.1. The smallest absolute Gasteiger partial charge is 0.295 e. The van der Waals surface area contributed by atoms with Gasteiger partial charge in [-0.2, -0.15) is 0 Å². The lowest BCUT2D eigenvalue weighted by Crippen LogP contribution is -2.38. The van der Waals surface area contributed by atoms with Gasteiger partial charge in [-0.15, -0.1) is 0 Å². The minimum Gasteiger partial charge on any atom is -0.507 e. The number of morpholine rings is 1. The van der Waals surface area contributed by atoms with Crippen LogP contribution in [0, 0.1) is 6.92 Å². The minimum absolute atomic E-state index is 0.0471. The summed E-state index contributed by atoms with van der Waals surface area (Å²) in [5.74, 6) is -0.891. The van der Waals surface area contributed by atoms with Crippen LogP contribution >= 0.6 is 0 Å². The van der Waals surface area contributed by atoms with E-state index in [0.29, 0.717) is 37.7 Å². The molecule has 10 nitrogen and oxygen atoms in total. The average Bonchev–Trinajstić information content (AvgIpc) is 3.40. The zero-order valence-corrected chi connectivity index (χ0v) is 21.5. The number of ketones is 1. The second-order valence-electron chi connectivity index (χ2n) is 9.06. The molecule has 2 fully saturated rings. The van der Waals surface area contributed by atoms with Gasteiger partial charge in [0.25, 0.3) is 11.7 Å². The SMILES string of the molecule is Cc1ccc([C@H]2/C(=C(\O)c3ccc(S(=O)(=O)N(C)C)cc3)C(=O)C(=O)N2CCCN2CCOCC2)o1. The van der Waals surface area contributed by atoms with Crippen LogP contribution in [0.5, 0.6) is 0 Å². The summed E-state index contributed by atoms with van der Waals surface area (Å²) in [6, 6.07) is 8.10. The Balaban J connectivity index is 1.66. The first kappa shape index (κ1) is 26.1. The zero-order chi connectivity index (χ0) is 26.0. The molecule has 36 heavy (non-hydrogen) atoms. The maximum Gasteiger partial charge on any atom is 0.295 e. The summed E-state index contributed by atoms with van der Waals surface area (Å²) in [7, 11) is -0.806. The fourth-order valence-electron chi connectivity index (χ4n) is 4.45. The van der Waals surface area contributed by atoms with Gasteiger partial charge in [0.15, 0.2) is 0 Å². The first-order valence-electron chi connectivity index (χ1n) is 11.8. The molecule has 1 N–H and O–H groups in total. The van der Waals surface area contributed by atoms with Crippen molar-refractivity contribution in [3.63, 3.8) is 0 Å². The first-order valence-corrected chi connectivity index (χ1v) is 13.2. The van der Waals surface area contributed by atoms with Gasteiger partial charge in [0.1, 0.15) is 23.3 Å². The van der Waals surface area contributed by atoms with Crippen molar-refractivity contribution in [1.29, 1.82) is 0 Å². The van der Waals surface area contributed by atoms with Gasteiger partial charge in [-0.05, 0) is 49.7 Å². The van der Waals surface area contributed by atoms with Crippen molar-refractivity contribution in [3.8, 4) is 0 Å². The molecule has 4 rings (SSSR count). The third kappa shape index (κ3) is 5.10. The summed E-state index contributed by atoms with van der Waals surface area (Å²) in [4.78, 5) is 29.9. The monoisotopic (exact) mass is 517 g/mol. The number of nitrogens with zero attached hydrogens (tertiary/aromatic N) is 3. The minimum atomic E-state index is -3.66. The molecule has 3 heterocycles. The van der Waals surface area contributed by atoms with Crippen molar-refractivity contribution in [2.24, 2.45) is 0 Å². The van der Waals surface area contributed by atoms with Crippen molar-refractivity contribution < 1.29 is 32.3 Å². The molecule has 0 saturated carbocycles. The van der Waals surface area contributed by atoms with Crippen LogP contribution in [0.3, 0.4) is 0 Å². The van der Waals surface area contributed by atoms with Crippen molar-refractivity contribution in [2.45, 2.75) is 24.3 Å². The Hall–Kier alpha value is -2.99. The molecule has 1 aromatic heterocycles. The highest BCUT2D eigenvalue weighted by Crippen LogP contribution is 2.40. The Labute approximate surface area is 210 Å². The zero-order valence-electron chi connectivity index (χ0n) is 20.6. The molecule has 1 amide bonds. The molecule has 0 aliphatic carbocycles. The summed E-state index contributed by atoms with van der Waals surface area (Å²) >= 11 is 0. The number of Topliss-reactive ketones (excluding diaryl/α,β-unsaturated/α-hetero) is 1. The van der Waals surface area contributed by atoms with Crippen LogP contribution in [-0.4, -0.2) is 92.8 Å². The number of likely N-dealkylation sites (tertiary alicyclic amines) is 1. The molecule has 2 aliphatic heterocycles. The van der Waals surface area contributed by atoms with E-state index in [0.717, 1.165) is 23.9 Å². The van der Waals surface area contributed by atoms with Gasteiger partial charge < -0.3 is 19.2 Å². The highest BCUT2D eigenvalue weighted by molar-refractivity contribution is 7.89. The highest BCUT2D eigenvalue weighted by atomic mass is 32.2. The van der Waals surface area contributed by atoms with Crippen molar-refractivity contribution in [2.75, 3.05) is 53.5 Å². The predicted molar refractivity (Wildman–Crippen MR) is 132 cm³/mol. The van der Waals surface area contributed by atoms with E-state index in [-0.39, 0.29) is 21.8 Å². The van der Waals surface area contributed by atoms with Gasteiger partial charge in [-0.3, -0.25) is 14.5 Å². The quantitative estimate of drug-likeness (QED) is 0.321. The number of aryl methyl sites for hydroxylation is 1. The fourth-order valence-corrected chi connectivity index (χ4v) is 5.35. The van der Waals surface area contributed by atoms with E-state index in [9.17, 15) is 23.1 Å². The molecule has 1 atom stereocenters. The van der Waals surface area contributed by atoms with Gasteiger partial charge in [-0.25, -0.2) is 12.7 Å². The number of sulfonamides is 1. The number of carbonyl (C=O) groups excluding carboxylic acids is 2. The molecule has 2 aromatic rings. The summed E-state index contributed by atoms with van der Waals surface area (Å²) in [6.45, 7) is 5.80. The van der Waals surface area contributed by atoms with Gasteiger partial charge >= 0.3 is 0 Å². The Morgan fingerprint density at radius 3 is 2.31 bits per heavy atom. The topological polar surface area (TPSA) is 121 Å². The number of hydrogen-bond acceptors (Lipinski definition) is 8. The van der Waals surface area contributed by atoms with Crippen LogP contribution in [-0.2, 0) is 24.3 Å². The number of benzene rings is 1. The van der Waals surface area contributed by atoms with E-state index >= 15 is 0 Å². The number of carbonyl (C=O) groups is 2. The molecular formula is C25H31N3O7S. The Morgan fingerprint density at radius 1 is 1.06 bits per heavy atom. The summed E-state index contributed by atoms with van der Waals surface area (Å²) < 4.78 is 37.0. The normalized spacial score (nSPS) is 21.0. The van der Waals surface area contributed by atoms with Crippen LogP contribution in [0.4, 0.5) is 0 Å². The lowest BCUT2D eigenvalue weighted by molar-refractivity contribution is -0.140. The standard InChI is InChI=1S/C25H31N3O7S/c1-17-5-10-20(35-17)22-21(23(29)18-6-8-19(9-7-18)36(32,33)26(2)3)24(30)25(31)28(22)12-4-11-27-13-15-34-16-14-27/h5-10,22,29H,4,11-16H2,1-3H3/b23-21+/t22-/m0/s1. The van der Waals surface area contributed by atoms with E-state index < -0.39 is 27.8 Å². The molecule has 0 unspecified atom stereocenters. The van der Waals surface area contributed by atoms with E-state index in [2.05, 4.69) is 4.90 Å². The Bertz CT molecular complexity index is 1260. The second kappa shape index (κ2) is 10.6. The van der Waals surface area contributed by atoms with Crippen LogP contribution in [0.2, 0.25) is 0 Å². The maximum absolute atomic E-state index is 13.1. The molecule has 194 valence electrons. The number of hydrogen-bond donors (Lipinski definition) is 1. The van der Waals surface area contributed by atoms with Crippen LogP contribution in [0.25, 0.3) is 5.76 Å². The van der Waals surface area contributed by atoms with Gasteiger partial charge in [0, 0.05) is 45.8 Å². The molecule has 0 radical (unpaired) electrons. The number of rotatable bonds is 8. The number of amides is 1. The third-order valence-corrected chi connectivity index (χ3v) is 8.28. The molecule has 0 bridgehead atoms. The van der Waals surface area contributed by atoms with Gasteiger partial charge in [0.2, 0.25) is 10.0 Å². The predicted octanol–water partition coefficient (Wildman–Crippen LogP) is 1.98. The molecule has 11 heteroatoms. The molecule has 2 saturated heterocycles. The van der Waals surface area contributed by atoms with Crippen LogP contribution in [0.15, 0.2) is 51.3 Å². The molecule has 1 aromatic carbocycles. The van der Waals surface area contributed by atoms with E-state index in [1.54, 1.807) is 19.1 Å². The van der Waals surface area contributed by atoms with Gasteiger partial charge in [-0.1, -0.05) is 0 Å². The van der Waals surface area contributed by atoms with E-state index in [1.807, 2.05) is 0 Å². The number of furan rings is 1. The van der Waals surface area contributed by atoms with E-state index in [1.165, 1.54) is 43.3 Å². The number of ether oxygens (including phenoxy) is 1. The lowest BCUT2D eigenvalue weighted by atomic mass is 9.99. The van der Waals surface area contributed by atoms with Crippen LogP contribution < -0.4 is 0 Å². The summed E-state index contributed by atoms with van der Waals surface area (Å²) in [5, 5.41) is 11.2. The number of aliphatic hydroxyl groups excluding tert-OH is 1. The second-order valence-corrected chi connectivity index (χ2v) is 11.2. The molecule has 0 spiro atoms. The average molecular weight is 518 g/mol.